The third-order valence-electron chi connectivity index (χ3n) is 5.06. The molecule has 4 nitrogen and oxygen atoms in total. The van der Waals surface area contributed by atoms with Crippen LogP contribution in [0.5, 0.6) is 0 Å². The number of carbonyl (C=O) groups is 1. The predicted molar refractivity (Wildman–Crippen MR) is 131 cm³/mol. The van der Waals surface area contributed by atoms with Gasteiger partial charge in [0.05, 0.1) is 23.1 Å². The monoisotopic (exact) mass is 467 g/mol. The number of hydrogen-bond acceptors (Lipinski definition) is 3. The van der Waals surface area contributed by atoms with Crippen molar-refractivity contribution >= 4 is 34.1 Å². The van der Waals surface area contributed by atoms with E-state index in [0.717, 1.165) is 22.3 Å². The van der Waals surface area contributed by atoms with Gasteiger partial charge in [-0.25, -0.2) is 13.7 Å². The minimum atomic E-state index is -1.57. The van der Waals surface area contributed by atoms with E-state index in [1.165, 1.54) is 0 Å². The SMILES string of the molecule is CCOC(=O)/C(=C(/C)c1ccccc1)[C@@H](NS(=O)c1ccc(C)cc1)c1ccc(Cl)cc1. The highest BCUT2D eigenvalue weighted by molar-refractivity contribution is 7.83. The highest BCUT2D eigenvalue weighted by Gasteiger charge is 2.28. The first-order valence-electron chi connectivity index (χ1n) is 10.3. The summed E-state index contributed by atoms with van der Waals surface area (Å²) in [7, 11) is -1.57. The largest absolute Gasteiger partial charge is 0.463 e. The number of esters is 1. The van der Waals surface area contributed by atoms with E-state index >= 15 is 0 Å². The number of rotatable bonds is 8. The Morgan fingerprint density at radius 2 is 1.62 bits per heavy atom. The van der Waals surface area contributed by atoms with Crippen LogP contribution in [0.4, 0.5) is 0 Å². The smallest absolute Gasteiger partial charge is 0.336 e. The number of carbonyl (C=O) groups excluding carboxylic acids is 1. The van der Waals surface area contributed by atoms with Crippen LogP contribution < -0.4 is 4.72 Å². The van der Waals surface area contributed by atoms with Gasteiger partial charge in [-0.15, -0.1) is 0 Å². The average molecular weight is 468 g/mol. The first kappa shape index (κ1) is 23.9. The summed E-state index contributed by atoms with van der Waals surface area (Å²) in [5.74, 6) is -0.456. The summed E-state index contributed by atoms with van der Waals surface area (Å²) in [6, 6.07) is 23.5. The van der Waals surface area contributed by atoms with Gasteiger partial charge >= 0.3 is 5.97 Å². The van der Waals surface area contributed by atoms with Gasteiger partial charge < -0.3 is 4.74 Å². The first-order chi connectivity index (χ1) is 15.4. The fourth-order valence-electron chi connectivity index (χ4n) is 3.33. The molecule has 0 aromatic heterocycles. The Morgan fingerprint density at radius 3 is 2.22 bits per heavy atom. The zero-order valence-electron chi connectivity index (χ0n) is 18.3. The summed E-state index contributed by atoms with van der Waals surface area (Å²) in [5, 5.41) is 0.577. The van der Waals surface area contributed by atoms with Crippen LogP contribution >= 0.6 is 11.6 Å². The molecule has 0 aliphatic rings. The normalized spacial score (nSPS) is 13.8. The highest BCUT2D eigenvalue weighted by Crippen LogP contribution is 2.32. The topological polar surface area (TPSA) is 55.4 Å². The lowest BCUT2D eigenvalue weighted by atomic mass is 9.92. The van der Waals surface area contributed by atoms with Crippen LogP contribution in [0.25, 0.3) is 5.57 Å². The quantitative estimate of drug-likeness (QED) is 0.324. The lowest BCUT2D eigenvalue weighted by Crippen LogP contribution is -2.30. The lowest BCUT2D eigenvalue weighted by molar-refractivity contribution is -0.138. The minimum absolute atomic E-state index is 0.235. The predicted octanol–water partition coefficient (Wildman–Crippen LogP) is 6.04. The van der Waals surface area contributed by atoms with Gasteiger partial charge in [0.15, 0.2) is 0 Å². The molecule has 0 bridgehead atoms. The zero-order valence-corrected chi connectivity index (χ0v) is 19.9. The van der Waals surface area contributed by atoms with Crippen molar-refractivity contribution in [3.05, 3.63) is 106 Å². The van der Waals surface area contributed by atoms with E-state index in [9.17, 15) is 9.00 Å². The molecule has 0 aliphatic heterocycles. The van der Waals surface area contributed by atoms with Gasteiger partial charge in [-0.1, -0.05) is 71.8 Å². The first-order valence-corrected chi connectivity index (χ1v) is 11.9. The number of allylic oxidation sites excluding steroid dienone is 1. The van der Waals surface area contributed by atoms with E-state index in [1.54, 1.807) is 19.1 Å². The summed E-state index contributed by atoms with van der Waals surface area (Å²) < 4.78 is 21.8. The van der Waals surface area contributed by atoms with Crippen molar-refractivity contribution in [3.8, 4) is 0 Å². The van der Waals surface area contributed by atoms with Crippen LogP contribution in [0.15, 0.2) is 89.3 Å². The van der Waals surface area contributed by atoms with E-state index in [0.29, 0.717) is 15.5 Å². The molecule has 6 heteroatoms. The Bertz CT molecular complexity index is 1110. The summed E-state index contributed by atoms with van der Waals surface area (Å²) in [4.78, 5) is 13.8. The average Bonchev–Trinajstić information content (AvgIpc) is 2.80. The summed E-state index contributed by atoms with van der Waals surface area (Å²) in [5.41, 5.74) is 3.87. The standard InChI is InChI=1S/C26H26ClNO3S/c1-4-31-26(29)24(19(3)20-8-6-5-7-9-20)25(21-12-14-22(27)15-13-21)28-32(30)23-16-10-18(2)11-17-23/h5-17,25,28H,4H2,1-3H3/b24-19-/t25-,32?/m0/s1. The van der Waals surface area contributed by atoms with E-state index in [4.69, 9.17) is 16.3 Å². The third-order valence-corrected chi connectivity index (χ3v) is 6.46. The highest BCUT2D eigenvalue weighted by atomic mass is 35.5. The number of ether oxygens (including phenoxy) is 1. The maximum atomic E-state index is 13.2. The van der Waals surface area contributed by atoms with E-state index in [-0.39, 0.29) is 6.61 Å². The molecule has 1 unspecified atom stereocenters. The fraction of sp³-hybridized carbons (Fsp3) is 0.192. The van der Waals surface area contributed by atoms with Gasteiger partial charge in [0.2, 0.25) is 0 Å². The molecular formula is C26H26ClNO3S. The van der Waals surface area contributed by atoms with Crippen molar-refractivity contribution in [2.75, 3.05) is 6.61 Å². The second kappa shape index (κ2) is 11.2. The van der Waals surface area contributed by atoms with Crippen molar-refractivity contribution in [1.29, 1.82) is 0 Å². The summed E-state index contributed by atoms with van der Waals surface area (Å²) >= 11 is 6.10. The van der Waals surface area contributed by atoms with Crippen molar-refractivity contribution in [2.24, 2.45) is 0 Å². The lowest BCUT2D eigenvalue weighted by Gasteiger charge is -2.23. The second-order valence-electron chi connectivity index (χ2n) is 7.31. The van der Waals surface area contributed by atoms with Crippen molar-refractivity contribution in [1.82, 2.24) is 4.72 Å². The van der Waals surface area contributed by atoms with Crippen LogP contribution in [0.3, 0.4) is 0 Å². The number of nitrogens with one attached hydrogen (secondary N) is 1. The van der Waals surface area contributed by atoms with Gasteiger partial charge in [0.25, 0.3) is 0 Å². The van der Waals surface area contributed by atoms with Crippen LogP contribution in [-0.4, -0.2) is 16.8 Å². The van der Waals surface area contributed by atoms with Crippen LogP contribution in [0, 0.1) is 6.92 Å². The van der Waals surface area contributed by atoms with Crippen molar-refractivity contribution in [2.45, 2.75) is 31.7 Å². The van der Waals surface area contributed by atoms with Gasteiger partial charge in [-0.2, -0.15) is 0 Å². The molecule has 3 rings (SSSR count). The number of aryl methyl sites for hydroxylation is 1. The van der Waals surface area contributed by atoms with Crippen LogP contribution in [0.2, 0.25) is 5.02 Å². The molecule has 0 aliphatic carbocycles. The van der Waals surface area contributed by atoms with Gasteiger partial charge in [0.1, 0.15) is 11.0 Å². The third kappa shape index (κ3) is 5.94. The molecule has 3 aromatic carbocycles. The van der Waals surface area contributed by atoms with E-state index in [2.05, 4.69) is 4.72 Å². The molecule has 0 saturated carbocycles. The molecule has 0 heterocycles. The molecular weight excluding hydrogens is 442 g/mol. The number of hydrogen-bond donors (Lipinski definition) is 1. The second-order valence-corrected chi connectivity index (χ2v) is 8.99. The maximum Gasteiger partial charge on any atom is 0.336 e. The molecule has 0 fully saturated rings. The van der Waals surface area contributed by atoms with E-state index < -0.39 is 23.0 Å². The van der Waals surface area contributed by atoms with E-state index in [1.807, 2.05) is 80.6 Å². The Hall–Kier alpha value is -2.73. The van der Waals surface area contributed by atoms with Crippen molar-refractivity contribution < 1.29 is 13.7 Å². The van der Waals surface area contributed by atoms with Crippen molar-refractivity contribution in [3.63, 3.8) is 0 Å². The van der Waals surface area contributed by atoms with Crippen LogP contribution in [-0.2, 0) is 20.5 Å². The van der Waals surface area contributed by atoms with Crippen LogP contribution in [0.1, 0.15) is 36.6 Å². The maximum absolute atomic E-state index is 13.2. The Kier molecular flexibility index (Phi) is 8.39. The summed E-state index contributed by atoms with van der Waals surface area (Å²) in [6.45, 7) is 5.85. The Morgan fingerprint density at radius 1 is 1.00 bits per heavy atom. The molecule has 32 heavy (non-hydrogen) atoms. The zero-order chi connectivity index (χ0) is 23.1. The Balaban J connectivity index is 2.13. The number of benzene rings is 3. The molecule has 0 radical (unpaired) electrons. The van der Waals surface area contributed by atoms with Gasteiger partial charge in [-0.3, -0.25) is 0 Å². The fourth-order valence-corrected chi connectivity index (χ4v) is 4.44. The molecule has 0 amide bonds. The molecule has 166 valence electrons. The number of halogens is 1. The van der Waals surface area contributed by atoms with Gasteiger partial charge in [-0.05, 0) is 61.7 Å². The summed E-state index contributed by atoms with van der Waals surface area (Å²) in [6.07, 6.45) is 0. The molecule has 0 spiro atoms. The Labute approximate surface area is 196 Å². The van der Waals surface area contributed by atoms with Gasteiger partial charge in [0, 0.05) is 5.02 Å². The molecule has 1 N–H and O–H groups in total. The minimum Gasteiger partial charge on any atom is -0.463 e. The molecule has 3 aromatic rings. The molecule has 2 atom stereocenters. The molecule has 0 saturated heterocycles.